The molecule has 1 amide bonds. The first-order valence-corrected chi connectivity index (χ1v) is 6.70. The summed E-state index contributed by atoms with van der Waals surface area (Å²) >= 11 is 0. The Bertz CT molecular complexity index is 234. The second-order valence-electron chi connectivity index (χ2n) is 5.34. The molecule has 2 N–H and O–H groups in total. The molecule has 1 atom stereocenters. The van der Waals surface area contributed by atoms with Gasteiger partial charge in [-0.05, 0) is 19.3 Å². The van der Waals surface area contributed by atoms with Crippen molar-refractivity contribution in [3.63, 3.8) is 0 Å². The Morgan fingerprint density at radius 2 is 2.06 bits per heavy atom. The third-order valence-electron chi connectivity index (χ3n) is 3.76. The standard InChI is InChI=1S/C13H26N2O2/c1-3-13(2,11-16)10-14-7-6-12(17)15-8-4-5-9-15/h14,16H,3-11H2,1-2H3. The summed E-state index contributed by atoms with van der Waals surface area (Å²) in [5.41, 5.74) is -0.0588. The van der Waals surface area contributed by atoms with Crippen molar-refractivity contribution in [2.45, 2.75) is 39.5 Å². The van der Waals surface area contributed by atoms with Gasteiger partial charge < -0.3 is 15.3 Å². The average molecular weight is 242 g/mol. The number of likely N-dealkylation sites (tertiary alicyclic amines) is 1. The Morgan fingerprint density at radius 1 is 1.41 bits per heavy atom. The van der Waals surface area contributed by atoms with E-state index < -0.39 is 0 Å². The minimum atomic E-state index is -0.0588. The first-order valence-electron chi connectivity index (χ1n) is 6.70. The van der Waals surface area contributed by atoms with E-state index in [0.29, 0.717) is 13.0 Å². The fourth-order valence-corrected chi connectivity index (χ4v) is 2.00. The first kappa shape index (κ1) is 14.5. The molecule has 0 aromatic carbocycles. The molecule has 0 saturated carbocycles. The van der Waals surface area contributed by atoms with Gasteiger partial charge in [0.05, 0.1) is 0 Å². The summed E-state index contributed by atoms with van der Waals surface area (Å²) in [7, 11) is 0. The molecule has 1 aliphatic rings. The molecule has 100 valence electrons. The third-order valence-corrected chi connectivity index (χ3v) is 3.76. The Labute approximate surface area is 104 Å². The maximum absolute atomic E-state index is 11.7. The molecule has 1 fully saturated rings. The van der Waals surface area contributed by atoms with Gasteiger partial charge in [0.25, 0.3) is 0 Å². The topological polar surface area (TPSA) is 52.6 Å². The van der Waals surface area contributed by atoms with E-state index in [1.54, 1.807) is 0 Å². The van der Waals surface area contributed by atoms with Crippen LogP contribution in [0.3, 0.4) is 0 Å². The molecule has 1 rings (SSSR count). The van der Waals surface area contributed by atoms with Gasteiger partial charge in [-0.2, -0.15) is 0 Å². The van der Waals surface area contributed by atoms with Crippen molar-refractivity contribution in [2.75, 3.05) is 32.8 Å². The summed E-state index contributed by atoms with van der Waals surface area (Å²) in [6, 6.07) is 0. The fraction of sp³-hybridized carbons (Fsp3) is 0.923. The molecule has 1 aliphatic heterocycles. The second kappa shape index (κ2) is 6.97. The Hall–Kier alpha value is -0.610. The van der Waals surface area contributed by atoms with Gasteiger partial charge in [-0.15, -0.1) is 0 Å². The predicted molar refractivity (Wildman–Crippen MR) is 68.8 cm³/mol. The van der Waals surface area contributed by atoms with Crippen LogP contribution in [-0.4, -0.2) is 48.7 Å². The lowest BCUT2D eigenvalue weighted by Crippen LogP contribution is -2.37. The zero-order chi connectivity index (χ0) is 12.7. The van der Waals surface area contributed by atoms with Crippen LogP contribution >= 0.6 is 0 Å². The summed E-state index contributed by atoms with van der Waals surface area (Å²) < 4.78 is 0. The van der Waals surface area contributed by atoms with Crippen molar-refractivity contribution in [2.24, 2.45) is 5.41 Å². The van der Waals surface area contributed by atoms with E-state index in [4.69, 9.17) is 0 Å². The highest BCUT2D eigenvalue weighted by molar-refractivity contribution is 5.76. The Kier molecular flexibility index (Phi) is 5.92. The van der Waals surface area contributed by atoms with Gasteiger partial charge >= 0.3 is 0 Å². The normalized spacial score (nSPS) is 19.4. The molecule has 4 nitrogen and oxygen atoms in total. The van der Waals surface area contributed by atoms with Crippen LogP contribution in [-0.2, 0) is 4.79 Å². The van der Waals surface area contributed by atoms with E-state index in [-0.39, 0.29) is 17.9 Å². The zero-order valence-electron chi connectivity index (χ0n) is 11.2. The van der Waals surface area contributed by atoms with Gasteiger partial charge in [-0.3, -0.25) is 4.79 Å². The van der Waals surface area contributed by atoms with Crippen LogP contribution in [0.1, 0.15) is 39.5 Å². The van der Waals surface area contributed by atoms with Crippen molar-refractivity contribution in [3.8, 4) is 0 Å². The zero-order valence-corrected chi connectivity index (χ0v) is 11.2. The van der Waals surface area contributed by atoms with Gasteiger partial charge in [0.2, 0.25) is 5.91 Å². The summed E-state index contributed by atoms with van der Waals surface area (Å²) in [6.07, 6.45) is 3.82. The monoisotopic (exact) mass is 242 g/mol. The van der Waals surface area contributed by atoms with Crippen LogP contribution in [0.25, 0.3) is 0 Å². The number of nitrogens with zero attached hydrogens (tertiary/aromatic N) is 1. The van der Waals surface area contributed by atoms with Gasteiger partial charge in [-0.25, -0.2) is 0 Å². The minimum absolute atomic E-state index is 0.0588. The summed E-state index contributed by atoms with van der Waals surface area (Å²) in [4.78, 5) is 13.7. The quantitative estimate of drug-likeness (QED) is 0.655. The number of hydrogen-bond donors (Lipinski definition) is 2. The SMILES string of the molecule is CCC(C)(CO)CNCCC(=O)N1CCCC1. The number of aliphatic hydroxyl groups is 1. The molecule has 0 aliphatic carbocycles. The van der Waals surface area contributed by atoms with Crippen molar-refractivity contribution in [1.29, 1.82) is 0 Å². The molecule has 0 radical (unpaired) electrons. The predicted octanol–water partition coefficient (Wildman–Crippen LogP) is 0.997. The van der Waals surface area contributed by atoms with Crippen molar-refractivity contribution < 1.29 is 9.90 Å². The third kappa shape index (κ3) is 4.64. The molecule has 0 spiro atoms. The highest BCUT2D eigenvalue weighted by Gasteiger charge is 2.21. The van der Waals surface area contributed by atoms with Crippen LogP contribution < -0.4 is 5.32 Å². The number of hydrogen-bond acceptors (Lipinski definition) is 3. The number of carbonyl (C=O) groups excluding carboxylic acids is 1. The molecule has 1 heterocycles. The van der Waals surface area contributed by atoms with E-state index in [0.717, 1.165) is 38.9 Å². The summed E-state index contributed by atoms with van der Waals surface area (Å²) in [5, 5.41) is 12.5. The van der Waals surface area contributed by atoms with E-state index in [1.807, 2.05) is 4.90 Å². The molecular formula is C13H26N2O2. The van der Waals surface area contributed by atoms with Gasteiger partial charge in [0.15, 0.2) is 0 Å². The average Bonchev–Trinajstić information content (AvgIpc) is 2.88. The van der Waals surface area contributed by atoms with E-state index >= 15 is 0 Å². The van der Waals surface area contributed by atoms with Crippen molar-refractivity contribution >= 4 is 5.91 Å². The number of aliphatic hydroxyl groups excluding tert-OH is 1. The van der Waals surface area contributed by atoms with E-state index in [9.17, 15) is 9.90 Å². The van der Waals surface area contributed by atoms with Crippen molar-refractivity contribution in [1.82, 2.24) is 10.2 Å². The van der Waals surface area contributed by atoms with Gasteiger partial charge in [0, 0.05) is 44.6 Å². The van der Waals surface area contributed by atoms with Crippen LogP contribution in [0.5, 0.6) is 0 Å². The number of nitrogens with one attached hydrogen (secondary N) is 1. The van der Waals surface area contributed by atoms with Crippen molar-refractivity contribution in [3.05, 3.63) is 0 Å². The first-order chi connectivity index (χ1) is 8.11. The molecule has 1 saturated heterocycles. The summed E-state index contributed by atoms with van der Waals surface area (Å²) in [6.45, 7) is 7.68. The van der Waals surface area contributed by atoms with Crippen LogP contribution in [0.15, 0.2) is 0 Å². The van der Waals surface area contributed by atoms with E-state index in [1.165, 1.54) is 0 Å². The molecular weight excluding hydrogens is 216 g/mol. The molecule has 0 aromatic heterocycles. The summed E-state index contributed by atoms with van der Waals surface area (Å²) in [5.74, 6) is 0.261. The lowest BCUT2D eigenvalue weighted by molar-refractivity contribution is -0.130. The lowest BCUT2D eigenvalue weighted by Gasteiger charge is -2.26. The van der Waals surface area contributed by atoms with Crippen LogP contribution in [0, 0.1) is 5.41 Å². The molecule has 0 bridgehead atoms. The van der Waals surface area contributed by atoms with Crippen LogP contribution in [0.4, 0.5) is 0 Å². The Morgan fingerprint density at radius 3 is 2.59 bits per heavy atom. The molecule has 0 aromatic rings. The maximum Gasteiger partial charge on any atom is 0.223 e. The molecule has 17 heavy (non-hydrogen) atoms. The Balaban J connectivity index is 2.13. The molecule has 1 unspecified atom stereocenters. The highest BCUT2D eigenvalue weighted by Crippen LogP contribution is 2.18. The van der Waals surface area contributed by atoms with Crippen LogP contribution in [0.2, 0.25) is 0 Å². The lowest BCUT2D eigenvalue weighted by atomic mass is 9.89. The fourth-order valence-electron chi connectivity index (χ4n) is 2.00. The smallest absolute Gasteiger partial charge is 0.223 e. The molecule has 4 heteroatoms. The second-order valence-corrected chi connectivity index (χ2v) is 5.34. The number of carbonyl (C=O) groups is 1. The van der Waals surface area contributed by atoms with E-state index in [2.05, 4.69) is 19.2 Å². The van der Waals surface area contributed by atoms with Gasteiger partial charge in [0.1, 0.15) is 0 Å². The number of rotatable bonds is 7. The largest absolute Gasteiger partial charge is 0.396 e. The van der Waals surface area contributed by atoms with Gasteiger partial charge in [-0.1, -0.05) is 13.8 Å². The minimum Gasteiger partial charge on any atom is -0.396 e. The highest BCUT2D eigenvalue weighted by atomic mass is 16.3. The number of amides is 1. The maximum atomic E-state index is 11.7.